The number of fused-ring (bicyclic) bond motifs is 12. The van der Waals surface area contributed by atoms with Crippen LogP contribution in [0.15, 0.2) is 48.6 Å². The minimum absolute atomic E-state index is 0.00276. The third-order valence-electron chi connectivity index (χ3n) is 7.90. The van der Waals surface area contributed by atoms with Crippen LogP contribution in [0.3, 0.4) is 0 Å². The molecule has 0 saturated carbocycles. The number of carbonyl (C=O) groups is 2. The Labute approximate surface area is 232 Å². The third-order valence-corrected chi connectivity index (χ3v) is 9.83. The van der Waals surface area contributed by atoms with E-state index in [0.717, 1.165) is 67.2 Å². The van der Waals surface area contributed by atoms with Gasteiger partial charge in [-0.3, -0.25) is 9.59 Å². The molecule has 2 aliphatic carbocycles. The van der Waals surface area contributed by atoms with E-state index in [4.69, 9.17) is 9.97 Å². The summed E-state index contributed by atoms with van der Waals surface area (Å²) in [7, 11) is 0. The molecule has 7 heterocycles. The topological polar surface area (TPSA) is 91.5 Å². The molecule has 3 aromatic rings. The van der Waals surface area contributed by atoms with E-state index in [-0.39, 0.29) is 27.5 Å². The lowest BCUT2D eigenvalue weighted by molar-refractivity contribution is -0.111. The van der Waals surface area contributed by atoms with Gasteiger partial charge >= 0.3 is 0 Å². The number of carbonyl (C=O) groups excluding carboxylic acids is 2. The molecule has 10 bridgehead atoms. The fourth-order valence-corrected chi connectivity index (χ4v) is 8.09. The fraction of sp³-hybridized carbons (Fsp3) is 0.161. The van der Waals surface area contributed by atoms with E-state index < -0.39 is 0 Å². The number of thioether (sulfide) groups is 2. The first-order valence-corrected chi connectivity index (χ1v) is 14.7. The molecule has 190 valence electrons. The average Bonchev–Trinajstić information content (AvgIpc) is 3.70. The summed E-state index contributed by atoms with van der Waals surface area (Å²) >= 11 is 2.67. The molecule has 8 heteroatoms. The Morgan fingerprint density at radius 2 is 1.31 bits per heavy atom. The van der Waals surface area contributed by atoms with Crippen molar-refractivity contribution in [3.8, 4) is 0 Å². The number of nitrogens with zero attached hydrogens (tertiary/aromatic N) is 2. The van der Waals surface area contributed by atoms with E-state index in [1.165, 1.54) is 29.1 Å². The van der Waals surface area contributed by atoms with Gasteiger partial charge in [0.15, 0.2) is 5.62 Å². The van der Waals surface area contributed by atoms with Crippen molar-refractivity contribution in [1.29, 1.82) is 0 Å². The van der Waals surface area contributed by atoms with Gasteiger partial charge in [-0.2, -0.15) is 0 Å². The highest BCUT2D eigenvalue weighted by atomic mass is 32.2. The third kappa shape index (κ3) is 3.58. The number of H-pyrrole nitrogens is 2. The Bertz CT molecular complexity index is 1910. The monoisotopic (exact) mass is 546 g/mol. The van der Waals surface area contributed by atoms with Crippen LogP contribution in [0.4, 0.5) is 0 Å². The normalized spacial score (nSPS) is 23.8. The zero-order valence-corrected chi connectivity index (χ0v) is 22.5. The number of hydrogen-bond donors (Lipinski definition) is 2. The number of aromatic nitrogens is 4. The largest absolute Gasteiger partial charge is 0.355 e. The molecule has 0 saturated heterocycles. The second kappa shape index (κ2) is 8.56. The van der Waals surface area contributed by atoms with Crippen molar-refractivity contribution in [2.24, 2.45) is 0 Å². The van der Waals surface area contributed by atoms with Gasteiger partial charge in [-0.25, -0.2) is 9.97 Å². The minimum Gasteiger partial charge on any atom is -0.355 e. The van der Waals surface area contributed by atoms with Crippen molar-refractivity contribution in [2.75, 3.05) is 0 Å². The Kier molecular flexibility index (Phi) is 5.06. The summed E-state index contributed by atoms with van der Waals surface area (Å²) in [6.45, 7) is 2.18. The second-order valence-corrected chi connectivity index (χ2v) is 12.4. The molecule has 4 aliphatic heterocycles. The molecule has 0 aromatic carbocycles. The molecule has 3 aromatic heterocycles. The SMILES string of the molecule is CC1C=CC(SC=O)c2c1c1cc3nc(cc4[nH]c(cc5nc(cc2[nH]1)C=C5)c1c4C2C=CC1C(=O)S2)C=C3. The lowest BCUT2D eigenvalue weighted by Gasteiger charge is -2.29. The first-order chi connectivity index (χ1) is 19.1. The molecule has 9 rings (SSSR count). The average molecular weight is 547 g/mol. The highest BCUT2D eigenvalue weighted by Crippen LogP contribution is 2.52. The Morgan fingerprint density at radius 1 is 0.744 bits per heavy atom. The molecule has 0 amide bonds. The number of allylic oxidation sites excluding steroid dienone is 2. The van der Waals surface area contributed by atoms with Gasteiger partial charge in [0.25, 0.3) is 0 Å². The molecule has 6 aliphatic rings. The van der Waals surface area contributed by atoms with Crippen molar-refractivity contribution >= 4 is 80.6 Å². The van der Waals surface area contributed by atoms with Crippen molar-refractivity contribution in [1.82, 2.24) is 19.9 Å². The van der Waals surface area contributed by atoms with Crippen LogP contribution in [0.5, 0.6) is 0 Å². The fourth-order valence-electron chi connectivity index (χ4n) is 6.27. The van der Waals surface area contributed by atoms with Gasteiger partial charge in [0, 0.05) is 28.0 Å². The lowest BCUT2D eigenvalue weighted by atomic mass is 9.89. The standard InChI is InChI=1S/C31H22N4O2S2/c1-15-2-8-25(38-14-36)29-23-12-18-6-4-17(33-18)11-22-28-20-7-9-26(39-31(20)37)30(28)24(35-22)13-19-5-3-16(32-19)10-21(34-23)27(15)29/h2-15,20,25-26,34-35H,1H3. The van der Waals surface area contributed by atoms with Gasteiger partial charge < -0.3 is 9.97 Å². The summed E-state index contributed by atoms with van der Waals surface area (Å²) in [5, 5.41) is 0.115. The van der Waals surface area contributed by atoms with Gasteiger partial charge in [0.05, 0.1) is 39.2 Å². The Morgan fingerprint density at radius 3 is 1.90 bits per heavy atom. The molecule has 0 fully saturated rings. The number of hydrogen-bond acceptors (Lipinski definition) is 6. The van der Waals surface area contributed by atoms with Crippen LogP contribution in [0, 0.1) is 0 Å². The highest BCUT2D eigenvalue weighted by molar-refractivity contribution is 8.14. The first-order valence-electron chi connectivity index (χ1n) is 12.9. The molecule has 4 unspecified atom stereocenters. The van der Waals surface area contributed by atoms with Crippen LogP contribution in [-0.4, -0.2) is 30.7 Å². The second-order valence-electron chi connectivity index (χ2n) is 10.3. The molecule has 6 nitrogen and oxygen atoms in total. The molecule has 0 radical (unpaired) electrons. The molecule has 0 spiro atoms. The smallest absolute Gasteiger partial charge is 0.201 e. The van der Waals surface area contributed by atoms with Crippen LogP contribution in [0.2, 0.25) is 0 Å². The van der Waals surface area contributed by atoms with Crippen molar-refractivity contribution in [3.05, 3.63) is 93.6 Å². The maximum atomic E-state index is 12.8. The van der Waals surface area contributed by atoms with Crippen molar-refractivity contribution in [3.63, 3.8) is 0 Å². The van der Waals surface area contributed by atoms with E-state index in [9.17, 15) is 9.59 Å². The van der Waals surface area contributed by atoms with Crippen molar-refractivity contribution in [2.45, 2.75) is 29.3 Å². The summed E-state index contributed by atoms with van der Waals surface area (Å²) in [4.78, 5) is 41.4. The van der Waals surface area contributed by atoms with Crippen LogP contribution < -0.4 is 0 Å². The quantitative estimate of drug-likeness (QED) is 0.179. The van der Waals surface area contributed by atoms with Gasteiger partial charge in [-0.05, 0) is 70.8 Å². The predicted octanol–water partition coefficient (Wildman–Crippen LogP) is 7.26. The molecule has 39 heavy (non-hydrogen) atoms. The number of nitrogens with one attached hydrogen (secondary N) is 2. The maximum Gasteiger partial charge on any atom is 0.201 e. The van der Waals surface area contributed by atoms with Crippen molar-refractivity contribution < 1.29 is 9.59 Å². The molecular weight excluding hydrogens is 525 g/mol. The Hall–Kier alpha value is -3.88. The summed E-state index contributed by atoms with van der Waals surface area (Å²) in [5.74, 6) is -0.0647. The van der Waals surface area contributed by atoms with Crippen LogP contribution in [-0.2, 0) is 9.59 Å². The van der Waals surface area contributed by atoms with E-state index in [1.54, 1.807) is 0 Å². The van der Waals surface area contributed by atoms with Crippen LogP contribution in [0.1, 0.15) is 74.3 Å². The number of rotatable bonds is 2. The van der Waals surface area contributed by atoms with Gasteiger partial charge in [0.1, 0.15) is 0 Å². The first kappa shape index (κ1) is 23.0. The van der Waals surface area contributed by atoms with E-state index in [2.05, 4.69) is 53.3 Å². The minimum atomic E-state index is -0.259. The number of aromatic amines is 2. The van der Waals surface area contributed by atoms with Gasteiger partial charge in [0.2, 0.25) is 5.12 Å². The van der Waals surface area contributed by atoms with Gasteiger partial charge in [-0.15, -0.1) is 0 Å². The summed E-state index contributed by atoms with van der Waals surface area (Å²) in [6.07, 6.45) is 16.5. The van der Waals surface area contributed by atoms with Gasteiger partial charge in [-0.1, -0.05) is 54.8 Å². The summed E-state index contributed by atoms with van der Waals surface area (Å²) in [5.41, 5.74) is 12.6. The van der Waals surface area contributed by atoms with E-state index >= 15 is 0 Å². The maximum absolute atomic E-state index is 12.8. The zero-order chi connectivity index (χ0) is 26.2. The molecular formula is C31H22N4O2S2. The lowest BCUT2D eigenvalue weighted by Crippen LogP contribution is -2.20. The zero-order valence-electron chi connectivity index (χ0n) is 20.8. The predicted molar refractivity (Wildman–Crippen MR) is 161 cm³/mol. The summed E-state index contributed by atoms with van der Waals surface area (Å²) < 4.78 is 0. The molecule has 2 N–H and O–H groups in total. The summed E-state index contributed by atoms with van der Waals surface area (Å²) in [6, 6.07) is 8.26. The van der Waals surface area contributed by atoms with Crippen LogP contribution >= 0.6 is 23.5 Å². The van der Waals surface area contributed by atoms with Crippen LogP contribution in [0.25, 0.3) is 46.4 Å². The molecule has 4 atom stereocenters. The van der Waals surface area contributed by atoms with E-state index in [1.807, 2.05) is 36.4 Å². The Balaban J connectivity index is 1.46. The van der Waals surface area contributed by atoms with E-state index in [0.29, 0.717) is 0 Å². The highest BCUT2D eigenvalue weighted by Gasteiger charge is 2.39.